The molecule has 3 rings (SSSR count). The van der Waals surface area contributed by atoms with E-state index in [1.807, 2.05) is 0 Å². The van der Waals surface area contributed by atoms with Crippen LogP contribution in [-0.4, -0.2) is 16.8 Å². The lowest BCUT2D eigenvalue weighted by Crippen LogP contribution is -2.17. The van der Waals surface area contributed by atoms with Gasteiger partial charge in [0.1, 0.15) is 10.7 Å². The van der Waals surface area contributed by atoms with Gasteiger partial charge in [-0.25, -0.2) is 21.2 Å². The minimum absolute atomic E-state index is 0.0206. The molecule has 0 aliphatic rings. The van der Waals surface area contributed by atoms with Crippen LogP contribution in [0.5, 0.6) is 0 Å². The minimum Gasteiger partial charge on any atom is -0.280 e. The molecule has 0 aliphatic carbocycles. The van der Waals surface area contributed by atoms with E-state index >= 15 is 0 Å². The Kier molecular flexibility index (Phi) is 5.83. The molecule has 0 unspecified atom stereocenters. The van der Waals surface area contributed by atoms with Crippen LogP contribution in [-0.2, 0) is 20.0 Å². The van der Waals surface area contributed by atoms with Gasteiger partial charge in [-0.2, -0.15) is 0 Å². The smallest absolute Gasteiger partial charge is 0.264 e. The van der Waals surface area contributed by atoms with Crippen molar-refractivity contribution < 1.29 is 21.2 Å². The fourth-order valence-corrected chi connectivity index (χ4v) is 4.88. The summed E-state index contributed by atoms with van der Waals surface area (Å²) >= 11 is 5.79. The van der Waals surface area contributed by atoms with Crippen molar-refractivity contribution in [3.05, 3.63) is 83.1 Å². The van der Waals surface area contributed by atoms with Gasteiger partial charge >= 0.3 is 0 Å². The molecule has 0 saturated heterocycles. The predicted octanol–water partition coefficient (Wildman–Crippen LogP) is 4.39. The van der Waals surface area contributed by atoms with E-state index in [0.29, 0.717) is 16.3 Å². The highest BCUT2D eigenvalue weighted by atomic mass is 35.5. The number of halogens is 2. The van der Waals surface area contributed by atoms with Crippen LogP contribution in [0.25, 0.3) is 0 Å². The summed E-state index contributed by atoms with van der Waals surface area (Å²) in [6.07, 6.45) is 0. The van der Waals surface area contributed by atoms with E-state index < -0.39 is 30.8 Å². The molecule has 0 radical (unpaired) electrons. The summed E-state index contributed by atoms with van der Waals surface area (Å²) < 4.78 is 68.9. The standard InChI is InChI=1S/C19H16ClFN2O4S2/c1-13-6-11-16(28(24,25)22-15-9-7-14(20)8-10-15)12-18(13)23-29(26,27)19-5-3-2-4-17(19)21/h2-12,22-23H,1H3. The average molecular weight is 455 g/mol. The van der Waals surface area contributed by atoms with Crippen LogP contribution in [0.15, 0.2) is 76.5 Å². The van der Waals surface area contributed by atoms with Crippen molar-refractivity contribution in [1.82, 2.24) is 0 Å². The summed E-state index contributed by atoms with van der Waals surface area (Å²) in [5.41, 5.74) is 0.783. The van der Waals surface area contributed by atoms with Crippen LogP contribution in [0, 0.1) is 12.7 Å². The zero-order valence-electron chi connectivity index (χ0n) is 15.1. The quantitative estimate of drug-likeness (QED) is 0.577. The third-order valence-electron chi connectivity index (χ3n) is 3.99. The summed E-state index contributed by atoms with van der Waals surface area (Å²) in [5.74, 6) is -0.911. The third-order valence-corrected chi connectivity index (χ3v) is 7.02. The summed E-state index contributed by atoms with van der Waals surface area (Å²) in [4.78, 5) is -0.698. The van der Waals surface area contributed by atoms with Crippen molar-refractivity contribution >= 4 is 43.0 Å². The number of hydrogen-bond acceptors (Lipinski definition) is 4. The monoisotopic (exact) mass is 454 g/mol. The van der Waals surface area contributed by atoms with Crippen LogP contribution >= 0.6 is 11.6 Å². The molecule has 0 fully saturated rings. The Bertz CT molecular complexity index is 1260. The van der Waals surface area contributed by atoms with Crippen molar-refractivity contribution in [2.75, 3.05) is 9.44 Å². The molecule has 0 aliphatic heterocycles. The van der Waals surface area contributed by atoms with Crippen LogP contribution in [0.1, 0.15) is 5.56 Å². The highest BCUT2D eigenvalue weighted by Crippen LogP contribution is 2.26. The first-order valence-corrected chi connectivity index (χ1v) is 11.6. The van der Waals surface area contributed by atoms with Gasteiger partial charge < -0.3 is 0 Å². The van der Waals surface area contributed by atoms with E-state index in [1.165, 1.54) is 54.6 Å². The highest BCUT2D eigenvalue weighted by molar-refractivity contribution is 7.93. The molecule has 29 heavy (non-hydrogen) atoms. The van der Waals surface area contributed by atoms with Gasteiger partial charge in [-0.15, -0.1) is 0 Å². The van der Waals surface area contributed by atoms with Crippen LogP contribution in [0.2, 0.25) is 5.02 Å². The first kappa shape index (κ1) is 21.1. The number of hydrogen-bond donors (Lipinski definition) is 2. The molecular formula is C19H16ClFN2O4S2. The van der Waals surface area contributed by atoms with E-state index in [0.717, 1.165) is 12.1 Å². The second-order valence-corrected chi connectivity index (χ2v) is 9.89. The average Bonchev–Trinajstić information content (AvgIpc) is 2.65. The molecule has 2 N–H and O–H groups in total. The maximum atomic E-state index is 13.9. The Morgan fingerprint density at radius 1 is 0.828 bits per heavy atom. The fourth-order valence-electron chi connectivity index (χ4n) is 2.47. The topological polar surface area (TPSA) is 92.3 Å². The molecule has 6 nitrogen and oxygen atoms in total. The second-order valence-electron chi connectivity index (χ2n) is 6.13. The molecule has 0 saturated carbocycles. The fraction of sp³-hybridized carbons (Fsp3) is 0.0526. The molecule has 0 aromatic heterocycles. The lowest BCUT2D eigenvalue weighted by Gasteiger charge is -2.14. The van der Waals surface area contributed by atoms with Crippen LogP contribution in [0.3, 0.4) is 0 Å². The largest absolute Gasteiger partial charge is 0.280 e. The Labute approximate surface area is 173 Å². The van der Waals surface area contributed by atoms with Crippen molar-refractivity contribution in [1.29, 1.82) is 0 Å². The van der Waals surface area contributed by atoms with E-state index in [-0.39, 0.29) is 10.6 Å². The van der Waals surface area contributed by atoms with Crippen LogP contribution in [0.4, 0.5) is 15.8 Å². The van der Waals surface area contributed by atoms with Gasteiger partial charge in [0.25, 0.3) is 20.0 Å². The van der Waals surface area contributed by atoms with Gasteiger partial charge in [0, 0.05) is 10.7 Å². The number of rotatable bonds is 6. The second kappa shape index (κ2) is 8.02. The van der Waals surface area contributed by atoms with Crippen molar-refractivity contribution in [3.8, 4) is 0 Å². The summed E-state index contributed by atoms with van der Waals surface area (Å²) in [6, 6.07) is 14.9. The van der Waals surface area contributed by atoms with E-state index in [4.69, 9.17) is 11.6 Å². The summed E-state index contributed by atoms with van der Waals surface area (Å²) in [6.45, 7) is 1.60. The zero-order chi connectivity index (χ0) is 21.2. The van der Waals surface area contributed by atoms with E-state index in [1.54, 1.807) is 6.92 Å². The summed E-state index contributed by atoms with van der Waals surface area (Å²) in [5, 5.41) is 0.452. The van der Waals surface area contributed by atoms with Crippen molar-refractivity contribution in [2.45, 2.75) is 16.7 Å². The van der Waals surface area contributed by atoms with Crippen molar-refractivity contribution in [3.63, 3.8) is 0 Å². The Morgan fingerprint density at radius 2 is 1.48 bits per heavy atom. The predicted molar refractivity (Wildman–Crippen MR) is 111 cm³/mol. The molecule has 152 valence electrons. The Balaban J connectivity index is 1.94. The third kappa shape index (κ3) is 4.87. The van der Waals surface area contributed by atoms with Gasteiger partial charge in [-0.3, -0.25) is 9.44 Å². The van der Waals surface area contributed by atoms with E-state index in [2.05, 4.69) is 9.44 Å². The maximum Gasteiger partial charge on any atom is 0.264 e. The number of anilines is 2. The van der Waals surface area contributed by atoms with Gasteiger partial charge in [-0.05, 0) is 61.0 Å². The van der Waals surface area contributed by atoms with Gasteiger partial charge in [0.05, 0.1) is 10.6 Å². The zero-order valence-corrected chi connectivity index (χ0v) is 17.4. The normalized spacial score (nSPS) is 11.8. The maximum absolute atomic E-state index is 13.9. The molecule has 0 amide bonds. The Morgan fingerprint density at radius 3 is 2.14 bits per heavy atom. The summed E-state index contributed by atoms with van der Waals surface area (Å²) in [7, 11) is -8.24. The lowest BCUT2D eigenvalue weighted by molar-refractivity contribution is 0.570. The molecule has 3 aromatic rings. The first-order valence-electron chi connectivity index (χ1n) is 8.25. The Hall–Kier alpha value is -2.62. The molecule has 0 bridgehead atoms. The molecule has 10 heteroatoms. The van der Waals surface area contributed by atoms with Gasteiger partial charge in [0.2, 0.25) is 0 Å². The van der Waals surface area contributed by atoms with E-state index in [9.17, 15) is 21.2 Å². The van der Waals surface area contributed by atoms with Crippen molar-refractivity contribution in [2.24, 2.45) is 0 Å². The molecule has 3 aromatic carbocycles. The highest BCUT2D eigenvalue weighted by Gasteiger charge is 2.21. The molecular weight excluding hydrogens is 439 g/mol. The number of aryl methyl sites for hydroxylation is 1. The lowest BCUT2D eigenvalue weighted by atomic mass is 10.2. The van der Waals surface area contributed by atoms with Crippen LogP contribution < -0.4 is 9.44 Å². The van der Waals surface area contributed by atoms with Gasteiger partial charge in [0.15, 0.2) is 0 Å². The number of nitrogens with one attached hydrogen (secondary N) is 2. The SMILES string of the molecule is Cc1ccc(S(=O)(=O)Nc2ccc(Cl)cc2)cc1NS(=O)(=O)c1ccccc1F. The number of sulfonamides is 2. The minimum atomic E-state index is -4.25. The molecule has 0 atom stereocenters. The molecule has 0 heterocycles. The van der Waals surface area contributed by atoms with Gasteiger partial charge in [-0.1, -0.05) is 29.8 Å². The first-order chi connectivity index (χ1) is 13.6. The molecule has 0 spiro atoms. The number of benzene rings is 3.